The fourth-order valence-corrected chi connectivity index (χ4v) is 2.89. The van der Waals surface area contributed by atoms with Gasteiger partial charge in [0.15, 0.2) is 0 Å². The first-order valence-corrected chi connectivity index (χ1v) is 8.23. The number of hydrazine groups is 1. The van der Waals surface area contributed by atoms with Crippen molar-refractivity contribution in [2.75, 3.05) is 7.05 Å². The molecule has 2 atom stereocenters. The van der Waals surface area contributed by atoms with E-state index in [1.54, 1.807) is 17.3 Å². The summed E-state index contributed by atoms with van der Waals surface area (Å²) in [5, 5.41) is 4.32. The van der Waals surface area contributed by atoms with Crippen molar-refractivity contribution in [1.29, 1.82) is 0 Å². The average Bonchev–Trinajstić information content (AvgIpc) is 3.24. The van der Waals surface area contributed by atoms with Crippen molar-refractivity contribution in [3.63, 3.8) is 0 Å². The molecule has 0 aliphatic carbocycles. The van der Waals surface area contributed by atoms with Crippen LogP contribution in [-0.4, -0.2) is 38.7 Å². The first kappa shape index (κ1) is 16.6. The molecular formula is C17H24N6O. The number of nitrogens with one attached hydrogen (secondary N) is 2. The van der Waals surface area contributed by atoms with Crippen LogP contribution in [0.5, 0.6) is 0 Å². The quantitative estimate of drug-likeness (QED) is 0.868. The van der Waals surface area contributed by atoms with Crippen LogP contribution in [-0.2, 0) is 11.3 Å². The molecule has 1 fully saturated rings. The van der Waals surface area contributed by atoms with E-state index in [0.29, 0.717) is 12.6 Å². The third-order valence-corrected chi connectivity index (χ3v) is 4.29. The van der Waals surface area contributed by atoms with Crippen LogP contribution in [0, 0.1) is 0 Å². The molecule has 2 N–H and O–H groups in total. The summed E-state index contributed by atoms with van der Waals surface area (Å²) >= 11 is 0. The molecular weight excluding hydrogens is 304 g/mol. The Kier molecular flexibility index (Phi) is 4.92. The minimum absolute atomic E-state index is 0.0800. The highest BCUT2D eigenvalue weighted by atomic mass is 16.2. The second kappa shape index (κ2) is 7.11. The summed E-state index contributed by atoms with van der Waals surface area (Å²) in [5.41, 5.74) is 8.48. The van der Waals surface area contributed by atoms with E-state index in [1.165, 1.54) is 0 Å². The van der Waals surface area contributed by atoms with Crippen LogP contribution >= 0.6 is 0 Å². The minimum atomic E-state index is -0.228. The lowest BCUT2D eigenvalue weighted by Crippen LogP contribution is -2.43. The van der Waals surface area contributed by atoms with Crippen LogP contribution in [0.1, 0.15) is 43.5 Å². The highest BCUT2D eigenvalue weighted by Crippen LogP contribution is 2.22. The zero-order valence-electron chi connectivity index (χ0n) is 14.3. The van der Waals surface area contributed by atoms with Gasteiger partial charge >= 0.3 is 0 Å². The van der Waals surface area contributed by atoms with Gasteiger partial charge in [-0.15, -0.1) is 0 Å². The van der Waals surface area contributed by atoms with Gasteiger partial charge in [0.1, 0.15) is 6.04 Å². The molecule has 0 saturated carbocycles. The van der Waals surface area contributed by atoms with Crippen LogP contribution in [0.2, 0.25) is 0 Å². The van der Waals surface area contributed by atoms with Crippen molar-refractivity contribution >= 4 is 5.91 Å². The van der Waals surface area contributed by atoms with Crippen molar-refractivity contribution in [2.45, 2.75) is 44.9 Å². The third kappa shape index (κ3) is 3.63. The van der Waals surface area contributed by atoms with Gasteiger partial charge in [0.25, 0.3) is 0 Å². The molecule has 3 rings (SSSR count). The van der Waals surface area contributed by atoms with E-state index in [0.717, 1.165) is 17.5 Å². The maximum Gasteiger partial charge on any atom is 0.241 e. The lowest BCUT2D eigenvalue weighted by atomic mass is 10.0. The minimum Gasteiger partial charge on any atom is -0.340 e. The van der Waals surface area contributed by atoms with Gasteiger partial charge < -0.3 is 4.90 Å². The first-order chi connectivity index (χ1) is 11.5. The summed E-state index contributed by atoms with van der Waals surface area (Å²) in [4.78, 5) is 18.4. The summed E-state index contributed by atoms with van der Waals surface area (Å²) in [5.74, 6) is 0.0800. The first-order valence-electron chi connectivity index (χ1n) is 8.23. The molecule has 2 aromatic rings. The van der Waals surface area contributed by atoms with E-state index in [1.807, 2.05) is 36.3 Å². The summed E-state index contributed by atoms with van der Waals surface area (Å²) in [6.45, 7) is 4.72. The Morgan fingerprint density at radius 1 is 1.38 bits per heavy atom. The number of hydrogen-bond donors (Lipinski definition) is 2. The number of carbonyl (C=O) groups excluding carboxylic acids is 1. The maximum atomic E-state index is 12.7. The lowest BCUT2D eigenvalue weighted by Gasteiger charge is -2.20. The number of likely N-dealkylation sites (N-methyl/N-ethyl adjacent to an activating group) is 1. The van der Waals surface area contributed by atoms with E-state index in [-0.39, 0.29) is 18.0 Å². The number of aromatic nitrogens is 3. The predicted octanol–water partition coefficient (Wildman–Crippen LogP) is 1.43. The van der Waals surface area contributed by atoms with Crippen molar-refractivity contribution < 1.29 is 4.79 Å². The SMILES string of the molecule is CC(C)n1cc(CN(C)C(=O)C2CC(c3ccncc3)NN2)cn1. The Hall–Kier alpha value is -2.25. The van der Waals surface area contributed by atoms with Gasteiger partial charge in [0.05, 0.1) is 6.20 Å². The molecule has 0 spiro atoms. The number of hydrogen-bond acceptors (Lipinski definition) is 5. The average molecular weight is 328 g/mol. The van der Waals surface area contributed by atoms with Gasteiger partial charge in [-0.1, -0.05) is 0 Å². The summed E-state index contributed by atoms with van der Waals surface area (Å²) in [6, 6.07) is 4.15. The Morgan fingerprint density at radius 3 is 2.79 bits per heavy atom. The smallest absolute Gasteiger partial charge is 0.241 e. The summed E-state index contributed by atoms with van der Waals surface area (Å²) < 4.78 is 1.91. The third-order valence-electron chi connectivity index (χ3n) is 4.29. The fraction of sp³-hybridized carbons (Fsp3) is 0.471. The molecule has 1 aliphatic heterocycles. The van der Waals surface area contributed by atoms with Gasteiger partial charge in [-0.3, -0.25) is 14.5 Å². The van der Waals surface area contributed by atoms with Crippen LogP contribution in [0.25, 0.3) is 0 Å². The number of amides is 1. The number of nitrogens with zero attached hydrogens (tertiary/aromatic N) is 4. The van der Waals surface area contributed by atoms with E-state index in [9.17, 15) is 4.79 Å². The van der Waals surface area contributed by atoms with Gasteiger partial charge in [-0.25, -0.2) is 10.9 Å². The van der Waals surface area contributed by atoms with Crippen molar-refractivity contribution in [2.24, 2.45) is 0 Å². The van der Waals surface area contributed by atoms with Crippen LogP contribution in [0.3, 0.4) is 0 Å². The molecule has 3 heterocycles. The maximum absolute atomic E-state index is 12.7. The molecule has 0 bridgehead atoms. The van der Waals surface area contributed by atoms with E-state index in [4.69, 9.17) is 0 Å². The van der Waals surface area contributed by atoms with Gasteiger partial charge in [0, 0.05) is 49.8 Å². The van der Waals surface area contributed by atoms with Crippen LogP contribution in [0.4, 0.5) is 0 Å². The Labute approximate surface area is 142 Å². The second-order valence-electron chi connectivity index (χ2n) is 6.53. The monoisotopic (exact) mass is 328 g/mol. The summed E-state index contributed by atoms with van der Waals surface area (Å²) in [7, 11) is 1.83. The highest BCUT2D eigenvalue weighted by Gasteiger charge is 2.31. The van der Waals surface area contributed by atoms with Crippen LogP contribution < -0.4 is 10.9 Å². The Bertz CT molecular complexity index is 683. The van der Waals surface area contributed by atoms with Crippen molar-refractivity contribution in [3.8, 4) is 0 Å². The van der Waals surface area contributed by atoms with Gasteiger partial charge in [-0.2, -0.15) is 5.10 Å². The van der Waals surface area contributed by atoms with E-state index < -0.39 is 0 Å². The zero-order valence-corrected chi connectivity index (χ0v) is 14.3. The Balaban J connectivity index is 1.58. The number of rotatable bonds is 5. The standard InChI is InChI=1S/C17H24N6O/c1-12(2)23-11-13(9-19-23)10-22(3)17(24)16-8-15(20-21-16)14-4-6-18-7-5-14/h4-7,9,11-12,15-16,20-21H,8,10H2,1-3H3. The number of pyridine rings is 1. The zero-order chi connectivity index (χ0) is 17.1. The normalized spacial score (nSPS) is 20.5. The largest absolute Gasteiger partial charge is 0.340 e. The molecule has 24 heavy (non-hydrogen) atoms. The molecule has 7 nitrogen and oxygen atoms in total. The molecule has 0 aromatic carbocycles. The molecule has 7 heteroatoms. The van der Waals surface area contributed by atoms with Crippen molar-refractivity contribution in [3.05, 3.63) is 48.0 Å². The lowest BCUT2D eigenvalue weighted by molar-refractivity contribution is -0.132. The topological polar surface area (TPSA) is 75.1 Å². The van der Waals surface area contributed by atoms with Crippen molar-refractivity contribution in [1.82, 2.24) is 30.5 Å². The van der Waals surface area contributed by atoms with Gasteiger partial charge in [0.2, 0.25) is 5.91 Å². The van der Waals surface area contributed by atoms with E-state index >= 15 is 0 Å². The summed E-state index contributed by atoms with van der Waals surface area (Å²) in [6.07, 6.45) is 8.08. The molecule has 2 unspecified atom stereocenters. The fourth-order valence-electron chi connectivity index (χ4n) is 2.89. The molecule has 0 radical (unpaired) electrons. The molecule has 128 valence electrons. The molecule has 2 aromatic heterocycles. The number of carbonyl (C=O) groups is 1. The Morgan fingerprint density at radius 2 is 2.12 bits per heavy atom. The van der Waals surface area contributed by atoms with Gasteiger partial charge in [-0.05, 0) is 38.0 Å². The van der Waals surface area contributed by atoms with Crippen LogP contribution in [0.15, 0.2) is 36.9 Å². The second-order valence-corrected chi connectivity index (χ2v) is 6.53. The predicted molar refractivity (Wildman–Crippen MR) is 90.7 cm³/mol. The molecule has 1 saturated heterocycles. The van der Waals surface area contributed by atoms with E-state index in [2.05, 4.69) is 34.8 Å². The highest BCUT2D eigenvalue weighted by molar-refractivity contribution is 5.82. The molecule has 1 aliphatic rings. The molecule has 1 amide bonds.